The van der Waals surface area contributed by atoms with Crippen LogP contribution in [0.25, 0.3) is 0 Å². The van der Waals surface area contributed by atoms with Crippen LogP contribution in [0.4, 0.5) is 0 Å². The largest absolute Gasteiger partial charge is 0.361 e. The van der Waals surface area contributed by atoms with Gasteiger partial charge in [0, 0.05) is 12.1 Å². The summed E-state index contributed by atoms with van der Waals surface area (Å²) in [5.41, 5.74) is 7.19. The van der Waals surface area contributed by atoms with Crippen LogP contribution in [-0.2, 0) is 4.79 Å². The zero-order valence-corrected chi connectivity index (χ0v) is 11.2. The fourth-order valence-electron chi connectivity index (χ4n) is 2.66. The van der Waals surface area contributed by atoms with Gasteiger partial charge in [-0.1, -0.05) is 11.6 Å². The molecule has 0 aromatic carbocycles. The number of hydrogen-bond donors (Lipinski definition) is 2. The molecule has 3 N–H and O–H groups in total. The molecule has 18 heavy (non-hydrogen) atoms. The van der Waals surface area contributed by atoms with Gasteiger partial charge >= 0.3 is 0 Å². The minimum Gasteiger partial charge on any atom is -0.361 e. The first-order valence-electron chi connectivity index (χ1n) is 6.44. The quantitative estimate of drug-likeness (QED) is 0.851. The number of nitrogens with two attached hydrogens (primary N) is 1. The molecular formula is C13H21N3O2. The highest BCUT2D eigenvalue weighted by Crippen LogP contribution is 2.40. The van der Waals surface area contributed by atoms with Crippen LogP contribution in [-0.4, -0.2) is 17.6 Å². The molecule has 5 heteroatoms. The summed E-state index contributed by atoms with van der Waals surface area (Å²) in [4.78, 5) is 12.3. The number of carbonyl (C=O) groups excluding carboxylic acids is 1. The number of amides is 1. The first-order chi connectivity index (χ1) is 8.50. The maximum Gasteiger partial charge on any atom is 0.227 e. The van der Waals surface area contributed by atoms with E-state index in [9.17, 15) is 4.79 Å². The third-order valence-electron chi connectivity index (χ3n) is 4.05. The molecule has 100 valence electrons. The lowest BCUT2D eigenvalue weighted by atomic mass is 9.68. The minimum absolute atomic E-state index is 0.0590. The van der Waals surface area contributed by atoms with Gasteiger partial charge in [0.15, 0.2) is 0 Å². The molecule has 1 aromatic rings. The van der Waals surface area contributed by atoms with Gasteiger partial charge in [-0.3, -0.25) is 4.79 Å². The molecular weight excluding hydrogens is 230 g/mol. The molecule has 1 aliphatic carbocycles. The fraction of sp³-hybridized carbons (Fsp3) is 0.692. The molecule has 1 heterocycles. The van der Waals surface area contributed by atoms with E-state index in [1.165, 1.54) is 0 Å². The van der Waals surface area contributed by atoms with Crippen LogP contribution in [0.5, 0.6) is 0 Å². The summed E-state index contributed by atoms with van der Waals surface area (Å²) in [6.07, 6.45) is 2.87. The van der Waals surface area contributed by atoms with Gasteiger partial charge in [-0.25, -0.2) is 0 Å². The topological polar surface area (TPSA) is 81.2 Å². The van der Waals surface area contributed by atoms with E-state index in [0.717, 1.165) is 36.3 Å². The summed E-state index contributed by atoms with van der Waals surface area (Å²) < 4.78 is 5.12. The second-order valence-corrected chi connectivity index (χ2v) is 5.27. The van der Waals surface area contributed by atoms with Crippen molar-refractivity contribution in [2.45, 2.75) is 46.1 Å². The molecule has 1 aliphatic rings. The Hall–Kier alpha value is -1.36. The van der Waals surface area contributed by atoms with Crippen molar-refractivity contribution >= 4 is 5.91 Å². The van der Waals surface area contributed by atoms with E-state index >= 15 is 0 Å². The van der Waals surface area contributed by atoms with Crippen LogP contribution in [0.3, 0.4) is 0 Å². The van der Waals surface area contributed by atoms with Gasteiger partial charge in [0.1, 0.15) is 5.76 Å². The molecule has 1 fully saturated rings. The molecule has 1 saturated carbocycles. The van der Waals surface area contributed by atoms with E-state index in [1.807, 2.05) is 20.8 Å². The summed E-state index contributed by atoms with van der Waals surface area (Å²) in [5, 5.41) is 6.95. The molecule has 0 saturated heterocycles. The normalized spacial score (nSPS) is 19.1. The third kappa shape index (κ3) is 2.03. The minimum atomic E-state index is -0.340. The van der Waals surface area contributed by atoms with Crippen LogP contribution < -0.4 is 11.1 Å². The fourth-order valence-corrected chi connectivity index (χ4v) is 2.66. The van der Waals surface area contributed by atoms with Crippen LogP contribution >= 0.6 is 0 Å². The highest BCUT2D eigenvalue weighted by atomic mass is 16.5. The zero-order chi connectivity index (χ0) is 13.3. The monoisotopic (exact) mass is 251 g/mol. The Bertz CT molecular complexity index is 424. The molecule has 2 rings (SSSR count). The lowest BCUT2D eigenvalue weighted by Crippen LogP contribution is -2.50. The molecule has 1 aromatic heterocycles. The Morgan fingerprint density at radius 2 is 2.22 bits per heavy atom. The Morgan fingerprint density at radius 1 is 1.56 bits per heavy atom. The van der Waals surface area contributed by atoms with Crippen molar-refractivity contribution in [3.8, 4) is 0 Å². The Balaban J connectivity index is 2.08. The van der Waals surface area contributed by atoms with Crippen molar-refractivity contribution in [3.05, 3.63) is 17.0 Å². The second kappa shape index (κ2) is 4.72. The highest BCUT2D eigenvalue weighted by molar-refractivity contribution is 5.84. The molecule has 0 spiro atoms. The molecule has 0 aliphatic heterocycles. The number of nitrogens with one attached hydrogen (secondary N) is 1. The van der Waals surface area contributed by atoms with E-state index in [0.29, 0.717) is 6.54 Å². The highest BCUT2D eigenvalue weighted by Gasteiger charge is 2.43. The molecule has 0 bridgehead atoms. The SMILES string of the molecule is Cc1noc(C)c1C(C)NC(=O)C1(CN)CCC1. The number of carbonyl (C=O) groups is 1. The Morgan fingerprint density at radius 3 is 2.61 bits per heavy atom. The number of hydrogen-bond acceptors (Lipinski definition) is 4. The molecule has 0 radical (unpaired) electrons. The number of rotatable bonds is 4. The van der Waals surface area contributed by atoms with Crippen LogP contribution in [0.1, 0.15) is 49.2 Å². The van der Waals surface area contributed by atoms with Crippen molar-refractivity contribution in [2.24, 2.45) is 11.1 Å². The Labute approximate surface area is 107 Å². The third-order valence-corrected chi connectivity index (χ3v) is 4.05. The van der Waals surface area contributed by atoms with Gasteiger partial charge in [0.05, 0.1) is 17.2 Å². The molecule has 1 amide bonds. The predicted molar refractivity (Wildman–Crippen MR) is 67.9 cm³/mol. The van der Waals surface area contributed by atoms with Crippen LogP contribution in [0.15, 0.2) is 4.52 Å². The first kappa shape index (κ1) is 13.1. The zero-order valence-electron chi connectivity index (χ0n) is 11.2. The summed E-state index contributed by atoms with van der Waals surface area (Å²) in [6, 6.07) is -0.0900. The lowest BCUT2D eigenvalue weighted by Gasteiger charge is -2.39. The summed E-state index contributed by atoms with van der Waals surface area (Å²) in [6.45, 7) is 6.12. The average molecular weight is 251 g/mol. The maximum absolute atomic E-state index is 12.3. The standard InChI is InChI=1S/C13H21N3O2/c1-8(11-9(2)16-18-10(11)3)15-12(17)13(7-14)5-4-6-13/h8H,4-7,14H2,1-3H3,(H,15,17). The van der Waals surface area contributed by atoms with Crippen molar-refractivity contribution in [1.29, 1.82) is 0 Å². The van der Waals surface area contributed by atoms with Crippen LogP contribution in [0, 0.1) is 19.3 Å². The van der Waals surface area contributed by atoms with Gasteiger partial charge in [-0.15, -0.1) is 0 Å². The van der Waals surface area contributed by atoms with E-state index in [-0.39, 0.29) is 17.4 Å². The summed E-state index contributed by atoms with van der Waals surface area (Å²) >= 11 is 0. The number of aromatic nitrogens is 1. The van der Waals surface area contributed by atoms with E-state index < -0.39 is 0 Å². The van der Waals surface area contributed by atoms with Crippen molar-refractivity contribution < 1.29 is 9.32 Å². The van der Waals surface area contributed by atoms with Gasteiger partial charge in [0.25, 0.3) is 0 Å². The molecule has 1 unspecified atom stereocenters. The average Bonchev–Trinajstić information content (AvgIpc) is 2.57. The first-order valence-corrected chi connectivity index (χ1v) is 6.44. The van der Waals surface area contributed by atoms with Crippen molar-refractivity contribution in [3.63, 3.8) is 0 Å². The van der Waals surface area contributed by atoms with Crippen LogP contribution in [0.2, 0.25) is 0 Å². The van der Waals surface area contributed by atoms with Crippen molar-refractivity contribution in [1.82, 2.24) is 10.5 Å². The van der Waals surface area contributed by atoms with E-state index in [2.05, 4.69) is 10.5 Å². The van der Waals surface area contributed by atoms with Crippen molar-refractivity contribution in [2.75, 3.05) is 6.54 Å². The summed E-state index contributed by atoms with van der Waals surface area (Å²) in [7, 11) is 0. The van der Waals surface area contributed by atoms with Gasteiger partial charge in [0.2, 0.25) is 5.91 Å². The molecule has 1 atom stereocenters. The number of nitrogens with zero attached hydrogens (tertiary/aromatic N) is 1. The molecule has 5 nitrogen and oxygen atoms in total. The van der Waals surface area contributed by atoms with Gasteiger partial charge in [-0.05, 0) is 33.6 Å². The second-order valence-electron chi connectivity index (χ2n) is 5.27. The number of aryl methyl sites for hydroxylation is 2. The predicted octanol–water partition coefficient (Wildman–Crippen LogP) is 1.60. The smallest absolute Gasteiger partial charge is 0.227 e. The Kier molecular flexibility index (Phi) is 3.43. The summed E-state index contributed by atoms with van der Waals surface area (Å²) in [5.74, 6) is 0.819. The van der Waals surface area contributed by atoms with E-state index in [4.69, 9.17) is 10.3 Å². The van der Waals surface area contributed by atoms with Gasteiger partial charge in [-0.2, -0.15) is 0 Å². The van der Waals surface area contributed by atoms with Gasteiger partial charge < -0.3 is 15.6 Å². The lowest BCUT2D eigenvalue weighted by molar-refractivity contribution is -0.135. The van der Waals surface area contributed by atoms with E-state index in [1.54, 1.807) is 0 Å². The maximum atomic E-state index is 12.3.